The lowest BCUT2D eigenvalue weighted by atomic mass is 10.2. The summed E-state index contributed by atoms with van der Waals surface area (Å²) in [5.41, 5.74) is 6.65. The molecule has 21 heavy (non-hydrogen) atoms. The summed E-state index contributed by atoms with van der Waals surface area (Å²) in [6.45, 7) is 0.749. The Morgan fingerprint density at radius 3 is 2.90 bits per heavy atom. The van der Waals surface area contributed by atoms with Gasteiger partial charge in [0, 0.05) is 26.2 Å². The van der Waals surface area contributed by atoms with E-state index in [1.807, 2.05) is 32.3 Å². The highest BCUT2D eigenvalue weighted by Gasteiger charge is 2.17. The third-order valence-electron chi connectivity index (χ3n) is 2.96. The Morgan fingerprint density at radius 1 is 1.24 bits per heavy atom. The summed E-state index contributed by atoms with van der Waals surface area (Å²) in [4.78, 5) is 14.2. The van der Waals surface area contributed by atoms with E-state index in [2.05, 4.69) is 20.3 Å². The van der Waals surface area contributed by atoms with Crippen molar-refractivity contribution in [3.8, 4) is 11.5 Å². The Labute approximate surface area is 121 Å². The van der Waals surface area contributed by atoms with Crippen LogP contribution in [0.2, 0.25) is 0 Å². The molecule has 3 rings (SSSR count). The second-order valence-corrected chi connectivity index (χ2v) is 4.72. The standard InChI is InChI=1S/C13H16N6O2/c1-19(2)13-17-11(14)16-12(18-13)15-6-8-4-3-5-9-10(8)21-7-20-9/h3-5H,6-7H2,1-2H3,(H3,14,15,16,17,18). The van der Waals surface area contributed by atoms with Gasteiger partial charge in [0.2, 0.25) is 24.6 Å². The van der Waals surface area contributed by atoms with Crippen molar-refractivity contribution >= 4 is 17.8 Å². The molecule has 0 radical (unpaired) electrons. The molecule has 0 fully saturated rings. The maximum atomic E-state index is 5.68. The summed E-state index contributed by atoms with van der Waals surface area (Å²) in [7, 11) is 3.68. The molecule has 0 saturated carbocycles. The lowest BCUT2D eigenvalue weighted by molar-refractivity contribution is 0.173. The van der Waals surface area contributed by atoms with Gasteiger partial charge in [0.05, 0.1) is 0 Å². The number of nitrogen functional groups attached to an aromatic ring is 1. The van der Waals surface area contributed by atoms with Crippen LogP contribution >= 0.6 is 0 Å². The lowest BCUT2D eigenvalue weighted by Crippen LogP contribution is -2.16. The van der Waals surface area contributed by atoms with Crippen molar-refractivity contribution in [1.29, 1.82) is 0 Å². The topological polar surface area (TPSA) is 98.4 Å². The molecule has 0 amide bonds. The minimum atomic E-state index is 0.175. The first-order valence-electron chi connectivity index (χ1n) is 6.44. The second-order valence-electron chi connectivity index (χ2n) is 4.72. The molecule has 1 aromatic carbocycles. The molecule has 3 N–H and O–H groups in total. The van der Waals surface area contributed by atoms with E-state index >= 15 is 0 Å². The zero-order valence-corrected chi connectivity index (χ0v) is 11.8. The molecule has 0 spiro atoms. The molecule has 0 bridgehead atoms. The van der Waals surface area contributed by atoms with E-state index in [4.69, 9.17) is 15.2 Å². The van der Waals surface area contributed by atoms with Crippen LogP contribution in [0.5, 0.6) is 11.5 Å². The predicted octanol–water partition coefficient (Wildman–Crippen LogP) is 0.861. The third-order valence-corrected chi connectivity index (χ3v) is 2.96. The molecule has 0 saturated heterocycles. The molecule has 2 heterocycles. The SMILES string of the molecule is CN(C)c1nc(N)nc(NCc2cccc3c2OCO3)n1. The Morgan fingerprint density at radius 2 is 2.10 bits per heavy atom. The van der Waals surface area contributed by atoms with Gasteiger partial charge in [-0.25, -0.2) is 0 Å². The fourth-order valence-corrected chi connectivity index (χ4v) is 1.96. The molecular weight excluding hydrogens is 272 g/mol. The predicted molar refractivity (Wildman–Crippen MR) is 78.5 cm³/mol. The van der Waals surface area contributed by atoms with Crippen LogP contribution in [0.4, 0.5) is 17.8 Å². The van der Waals surface area contributed by atoms with Gasteiger partial charge in [0.1, 0.15) is 0 Å². The summed E-state index contributed by atoms with van der Waals surface area (Å²) in [5.74, 6) is 2.60. The molecule has 110 valence electrons. The van der Waals surface area contributed by atoms with Crippen molar-refractivity contribution in [3.05, 3.63) is 23.8 Å². The van der Waals surface area contributed by atoms with Crippen molar-refractivity contribution in [1.82, 2.24) is 15.0 Å². The van der Waals surface area contributed by atoms with Gasteiger partial charge in [-0.05, 0) is 6.07 Å². The number of ether oxygens (including phenoxy) is 2. The van der Waals surface area contributed by atoms with Crippen LogP contribution in [0.1, 0.15) is 5.56 Å². The van der Waals surface area contributed by atoms with Crippen LogP contribution in [0.15, 0.2) is 18.2 Å². The van der Waals surface area contributed by atoms with E-state index in [0.717, 1.165) is 17.1 Å². The number of benzene rings is 1. The van der Waals surface area contributed by atoms with E-state index in [1.54, 1.807) is 4.90 Å². The Balaban J connectivity index is 1.78. The van der Waals surface area contributed by atoms with Crippen LogP contribution in [0.3, 0.4) is 0 Å². The van der Waals surface area contributed by atoms with Crippen LogP contribution in [0.25, 0.3) is 0 Å². The Bertz CT molecular complexity index is 661. The number of fused-ring (bicyclic) bond motifs is 1. The van der Waals surface area contributed by atoms with Gasteiger partial charge >= 0.3 is 0 Å². The largest absolute Gasteiger partial charge is 0.454 e. The number of nitrogens with zero attached hydrogens (tertiary/aromatic N) is 4. The average molecular weight is 288 g/mol. The summed E-state index contributed by atoms with van der Waals surface area (Å²) in [6.07, 6.45) is 0. The van der Waals surface area contributed by atoms with Gasteiger partial charge in [-0.3, -0.25) is 0 Å². The van der Waals surface area contributed by atoms with Crippen molar-refractivity contribution in [2.24, 2.45) is 0 Å². The number of rotatable bonds is 4. The first-order chi connectivity index (χ1) is 10.1. The molecule has 0 atom stereocenters. The molecule has 1 aliphatic heterocycles. The van der Waals surface area contributed by atoms with E-state index in [1.165, 1.54) is 0 Å². The minimum Gasteiger partial charge on any atom is -0.454 e. The highest BCUT2D eigenvalue weighted by Crippen LogP contribution is 2.35. The normalized spacial score (nSPS) is 12.3. The second kappa shape index (κ2) is 5.31. The summed E-state index contributed by atoms with van der Waals surface area (Å²) < 4.78 is 10.8. The van der Waals surface area contributed by atoms with Crippen LogP contribution in [-0.2, 0) is 6.54 Å². The van der Waals surface area contributed by atoms with Gasteiger partial charge in [-0.15, -0.1) is 0 Å². The highest BCUT2D eigenvalue weighted by molar-refractivity contribution is 5.49. The fraction of sp³-hybridized carbons (Fsp3) is 0.308. The molecular formula is C13H16N6O2. The maximum absolute atomic E-state index is 5.68. The van der Waals surface area contributed by atoms with Gasteiger partial charge < -0.3 is 25.4 Å². The van der Waals surface area contributed by atoms with Gasteiger partial charge in [-0.1, -0.05) is 12.1 Å². The minimum absolute atomic E-state index is 0.175. The highest BCUT2D eigenvalue weighted by atomic mass is 16.7. The van der Waals surface area contributed by atoms with Gasteiger partial charge in [0.25, 0.3) is 0 Å². The first-order valence-corrected chi connectivity index (χ1v) is 6.44. The van der Waals surface area contributed by atoms with E-state index < -0.39 is 0 Å². The summed E-state index contributed by atoms with van der Waals surface area (Å²) in [5, 5.41) is 3.12. The summed E-state index contributed by atoms with van der Waals surface area (Å²) >= 11 is 0. The zero-order chi connectivity index (χ0) is 14.8. The Hall–Kier alpha value is -2.77. The number of nitrogens with two attached hydrogens (primary N) is 1. The van der Waals surface area contributed by atoms with Crippen LogP contribution < -0.4 is 25.4 Å². The van der Waals surface area contributed by atoms with Gasteiger partial charge in [0.15, 0.2) is 11.5 Å². The monoisotopic (exact) mass is 288 g/mol. The van der Waals surface area contributed by atoms with Crippen LogP contribution in [-0.4, -0.2) is 35.8 Å². The van der Waals surface area contributed by atoms with E-state index in [9.17, 15) is 0 Å². The number of hydrogen-bond donors (Lipinski definition) is 2. The van der Waals surface area contributed by atoms with E-state index in [-0.39, 0.29) is 12.7 Å². The first kappa shape index (κ1) is 13.2. The Kier molecular flexibility index (Phi) is 3.35. The van der Waals surface area contributed by atoms with E-state index in [0.29, 0.717) is 18.4 Å². The molecule has 2 aromatic rings. The third kappa shape index (κ3) is 2.73. The van der Waals surface area contributed by atoms with Crippen molar-refractivity contribution in [2.75, 3.05) is 36.8 Å². The fourth-order valence-electron chi connectivity index (χ4n) is 1.96. The van der Waals surface area contributed by atoms with Crippen molar-refractivity contribution < 1.29 is 9.47 Å². The average Bonchev–Trinajstić information content (AvgIpc) is 2.93. The summed E-state index contributed by atoms with van der Waals surface area (Å²) in [6, 6.07) is 5.74. The molecule has 8 nitrogen and oxygen atoms in total. The molecule has 0 unspecified atom stereocenters. The smallest absolute Gasteiger partial charge is 0.231 e. The van der Waals surface area contributed by atoms with Crippen LogP contribution in [0, 0.1) is 0 Å². The van der Waals surface area contributed by atoms with Crippen molar-refractivity contribution in [2.45, 2.75) is 6.54 Å². The lowest BCUT2D eigenvalue weighted by Gasteiger charge is -2.12. The molecule has 1 aromatic heterocycles. The molecule has 0 aliphatic carbocycles. The molecule has 8 heteroatoms. The molecule has 1 aliphatic rings. The van der Waals surface area contributed by atoms with Crippen molar-refractivity contribution in [3.63, 3.8) is 0 Å². The number of nitrogens with one attached hydrogen (secondary N) is 1. The number of hydrogen-bond acceptors (Lipinski definition) is 8. The number of anilines is 3. The maximum Gasteiger partial charge on any atom is 0.231 e. The quantitative estimate of drug-likeness (QED) is 0.854. The zero-order valence-electron chi connectivity index (χ0n) is 11.8. The number of aromatic nitrogens is 3. The van der Waals surface area contributed by atoms with Gasteiger partial charge in [-0.2, -0.15) is 15.0 Å². The number of para-hydroxylation sites is 1.